The number of carbonyl (C=O) groups excluding carboxylic acids is 2. The SMILES string of the molecule is O=C1NC2(CCN(C(=O)C=Cc3ccccc3C(F)(F)F)CC2)c2c(Cl)cccc21. The van der Waals surface area contributed by atoms with Crippen LogP contribution in [0, 0.1) is 0 Å². The average Bonchev–Trinajstić information content (AvgIpc) is 2.99. The molecule has 0 aromatic heterocycles. The Morgan fingerprint density at radius 1 is 1.10 bits per heavy atom. The molecule has 1 saturated heterocycles. The number of carbonyl (C=O) groups is 2. The summed E-state index contributed by atoms with van der Waals surface area (Å²) in [6.07, 6.45) is -1.17. The maximum absolute atomic E-state index is 13.1. The smallest absolute Gasteiger partial charge is 0.342 e. The number of halogens is 4. The van der Waals surface area contributed by atoms with Crippen LogP contribution in [0.15, 0.2) is 48.5 Å². The first-order valence-electron chi connectivity index (χ1n) is 9.46. The van der Waals surface area contributed by atoms with Crippen molar-refractivity contribution < 1.29 is 22.8 Å². The molecule has 156 valence electrons. The first-order valence-corrected chi connectivity index (χ1v) is 9.84. The van der Waals surface area contributed by atoms with Crippen molar-refractivity contribution in [1.29, 1.82) is 0 Å². The van der Waals surface area contributed by atoms with Gasteiger partial charge in [-0.25, -0.2) is 0 Å². The van der Waals surface area contributed by atoms with Gasteiger partial charge in [0.2, 0.25) is 5.91 Å². The Kier molecular flexibility index (Phi) is 5.10. The van der Waals surface area contributed by atoms with E-state index in [2.05, 4.69) is 5.32 Å². The molecule has 0 saturated carbocycles. The van der Waals surface area contributed by atoms with Gasteiger partial charge < -0.3 is 10.2 Å². The van der Waals surface area contributed by atoms with Crippen molar-refractivity contribution in [2.75, 3.05) is 13.1 Å². The van der Waals surface area contributed by atoms with Gasteiger partial charge >= 0.3 is 6.18 Å². The number of rotatable bonds is 2. The highest BCUT2D eigenvalue weighted by molar-refractivity contribution is 6.32. The Bertz CT molecular complexity index is 1040. The van der Waals surface area contributed by atoms with Gasteiger partial charge in [0.1, 0.15) is 0 Å². The topological polar surface area (TPSA) is 49.4 Å². The predicted octanol–water partition coefficient (Wildman–Crippen LogP) is 4.63. The van der Waals surface area contributed by atoms with Crippen molar-refractivity contribution in [2.24, 2.45) is 0 Å². The lowest BCUT2D eigenvalue weighted by atomic mass is 9.81. The van der Waals surface area contributed by atoms with Crippen molar-refractivity contribution in [3.05, 3.63) is 75.8 Å². The molecular formula is C22H18ClF3N2O2. The van der Waals surface area contributed by atoms with Crippen LogP contribution in [0.3, 0.4) is 0 Å². The maximum atomic E-state index is 13.1. The number of amides is 2. The fourth-order valence-corrected chi connectivity index (χ4v) is 4.55. The van der Waals surface area contributed by atoms with E-state index in [0.717, 1.165) is 17.7 Å². The molecule has 30 heavy (non-hydrogen) atoms. The van der Waals surface area contributed by atoms with Crippen LogP contribution in [0.25, 0.3) is 6.08 Å². The molecule has 0 radical (unpaired) electrons. The summed E-state index contributed by atoms with van der Waals surface area (Å²) in [5.74, 6) is -0.554. The van der Waals surface area contributed by atoms with E-state index >= 15 is 0 Å². The lowest BCUT2D eigenvalue weighted by Gasteiger charge is -2.39. The van der Waals surface area contributed by atoms with Crippen molar-refractivity contribution in [3.8, 4) is 0 Å². The summed E-state index contributed by atoms with van der Waals surface area (Å²) in [5, 5.41) is 3.52. The second-order valence-corrected chi connectivity index (χ2v) is 7.85. The van der Waals surface area contributed by atoms with E-state index < -0.39 is 17.3 Å². The normalized spacial score (nSPS) is 18.0. The summed E-state index contributed by atoms with van der Waals surface area (Å²) in [4.78, 5) is 26.5. The second kappa shape index (κ2) is 7.47. The summed E-state index contributed by atoms with van der Waals surface area (Å²) in [6, 6.07) is 10.3. The molecule has 2 aromatic rings. The van der Waals surface area contributed by atoms with Crippen LogP contribution in [0.1, 0.15) is 39.9 Å². The molecule has 1 N–H and O–H groups in total. The Hall–Kier alpha value is -2.80. The van der Waals surface area contributed by atoms with E-state index in [1.54, 1.807) is 23.1 Å². The molecule has 0 unspecified atom stereocenters. The number of nitrogens with zero attached hydrogens (tertiary/aromatic N) is 1. The second-order valence-electron chi connectivity index (χ2n) is 7.44. The molecule has 2 aromatic carbocycles. The van der Waals surface area contributed by atoms with Gasteiger partial charge in [0.05, 0.1) is 11.1 Å². The van der Waals surface area contributed by atoms with Crippen LogP contribution in [0.4, 0.5) is 13.2 Å². The number of piperidine rings is 1. The average molecular weight is 435 g/mol. The molecule has 0 aliphatic carbocycles. The third kappa shape index (κ3) is 3.58. The highest BCUT2D eigenvalue weighted by atomic mass is 35.5. The summed E-state index contributed by atoms with van der Waals surface area (Å²) < 4.78 is 39.3. The maximum Gasteiger partial charge on any atom is 0.416 e. The fraction of sp³-hybridized carbons (Fsp3) is 0.273. The molecule has 1 spiro atoms. The highest BCUT2D eigenvalue weighted by Gasteiger charge is 2.46. The van der Waals surface area contributed by atoms with E-state index in [1.165, 1.54) is 24.3 Å². The van der Waals surface area contributed by atoms with E-state index in [0.29, 0.717) is 36.5 Å². The summed E-state index contributed by atoms with van der Waals surface area (Å²) in [7, 11) is 0. The summed E-state index contributed by atoms with van der Waals surface area (Å²) in [5.41, 5.74) is -0.153. The van der Waals surface area contributed by atoms with Crippen molar-refractivity contribution in [1.82, 2.24) is 10.2 Å². The van der Waals surface area contributed by atoms with Crippen LogP contribution in [-0.2, 0) is 16.5 Å². The molecule has 2 amide bonds. The van der Waals surface area contributed by atoms with Crippen molar-refractivity contribution >= 4 is 29.5 Å². The van der Waals surface area contributed by atoms with E-state index in [-0.39, 0.29) is 17.4 Å². The third-order valence-electron chi connectivity index (χ3n) is 5.69. The van der Waals surface area contributed by atoms with Crippen LogP contribution in [0.2, 0.25) is 5.02 Å². The largest absolute Gasteiger partial charge is 0.416 e. The lowest BCUT2D eigenvalue weighted by Crippen LogP contribution is -2.50. The van der Waals surface area contributed by atoms with Gasteiger partial charge in [0.15, 0.2) is 0 Å². The van der Waals surface area contributed by atoms with Crippen LogP contribution in [-0.4, -0.2) is 29.8 Å². The molecule has 8 heteroatoms. The molecule has 0 bridgehead atoms. The van der Waals surface area contributed by atoms with E-state index in [4.69, 9.17) is 11.6 Å². The number of alkyl halides is 3. The van der Waals surface area contributed by atoms with Crippen LogP contribution >= 0.6 is 11.6 Å². The quantitative estimate of drug-likeness (QED) is 0.700. The Balaban J connectivity index is 1.48. The molecule has 1 fully saturated rings. The number of hydrogen-bond acceptors (Lipinski definition) is 2. The van der Waals surface area contributed by atoms with Crippen molar-refractivity contribution in [2.45, 2.75) is 24.6 Å². The van der Waals surface area contributed by atoms with Gasteiger partial charge in [-0.3, -0.25) is 9.59 Å². The molecule has 2 heterocycles. The number of benzene rings is 2. The molecule has 0 atom stereocenters. The van der Waals surface area contributed by atoms with Gasteiger partial charge in [-0.1, -0.05) is 35.9 Å². The van der Waals surface area contributed by atoms with Crippen LogP contribution in [0.5, 0.6) is 0 Å². The molecule has 2 aliphatic heterocycles. The minimum absolute atomic E-state index is 0.0596. The monoisotopic (exact) mass is 434 g/mol. The van der Waals surface area contributed by atoms with Crippen LogP contribution < -0.4 is 5.32 Å². The third-order valence-corrected chi connectivity index (χ3v) is 6.00. The lowest BCUT2D eigenvalue weighted by molar-refractivity contribution is -0.137. The zero-order valence-corrected chi connectivity index (χ0v) is 16.6. The summed E-state index contributed by atoms with van der Waals surface area (Å²) in [6.45, 7) is 0.712. The van der Waals surface area contributed by atoms with Gasteiger partial charge in [-0.15, -0.1) is 0 Å². The zero-order chi connectivity index (χ0) is 21.5. The number of nitrogens with one attached hydrogen (secondary N) is 1. The fourth-order valence-electron chi connectivity index (χ4n) is 4.20. The Morgan fingerprint density at radius 3 is 2.50 bits per heavy atom. The minimum Gasteiger partial charge on any atom is -0.342 e. The summed E-state index contributed by atoms with van der Waals surface area (Å²) >= 11 is 6.35. The number of likely N-dealkylation sites (tertiary alicyclic amines) is 1. The Labute approximate surface area is 176 Å². The van der Waals surface area contributed by atoms with Crippen molar-refractivity contribution in [3.63, 3.8) is 0 Å². The number of hydrogen-bond donors (Lipinski definition) is 1. The first kappa shape index (κ1) is 20.5. The highest BCUT2D eigenvalue weighted by Crippen LogP contribution is 2.43. The minimum atomic E-state index is -4.49. The van der Waals surface area contributed by atoms with Gasteiger partial charge in [0.25, 0.3) is 5.91 Å². The molecule has 2 aliphatic rings. The predicted molar refractivity (Wildman–Crippen MR) is 107 cm³/mol. The first-order chi connectivity index (χ1) is 14.2. The molecular weight excluding hydrogens is 417 g/mol. The van der Waals surface area contributed by atoms with E-state index in [9.17, 15) is 22.8 Å². The van der Waals surface area contributed by atoms with Gasteiger partial charge in [0, 0.05) is 35.3 Å². The Morgan fingerprint density at radius 2 is 1.80 bits per heavy atom. The van der Waals surface area contributed by atoms with E-state index in [1.807, 2.05) is 0 Å². The van der Waals surface area contributed by atoms with Gasteiger partial charge in [-0.2, -0.15) is 13.2 Å². The molecule has 4 rings (SSSR count). The standard InChI is InChI=1S/C22H18ClF3N2O2/c23-17-7-3-5-15-19(17)21(27-20(15)30)10-12-28(13-11-21)18(29)9-8-14-4-1-2-6-16(14)22(24,25)26/h1-9H,10-13H2,(H,27,30). The number of fused-ring (bicyclic) bond motifs is 2. The van der Waals surface area contributed by atoms with Gasteiger partial charge in [-0.05, 0) is 42.7 Å². The zero-order valence-electron chi connectivity index (χ0n) is 15.8. The molecule has 4 nitrogen and oxygen atoms in total.